The Morgan fingerprint density at radius 3 is 2.10 bits per heavy atom. The first-order valence-electron chi connectivity index (χ1n) is 2.99. The van der Waals surface area contributed by atoms with Crippen LogP contribution in [-0.2, 0) is 14.3 Å². The zero-order chi connectivity index (χ0) is 7.33. The van der Waals surface area contributed by atoms with Crippen LogP contribution >= 0.6 is 0 Å². The van der Waals surface area contributed by atoms with E-state index >= 15 is 0 Å². The molecule has 0 aliphatic heterocycles. The minimum Gasteiger partial charge on any atom is -0.270 e. The van der Waals surface area contributed by atoms with Crippen LogP contribution in [0.2, 0.25) is 0 Å². The molecule has 0 aliphatic carbocycles. The van der Waals surface area contributed by atoms with Gasteiger partial charge in [-0.25, -0.2) is 0 Å². The average Bonchev–Trinajstić information content (AvgIpc) is 1.64. The Balaban J connectivity index is 0. The Hall–Kier alpha value is 0.910. The average molecular weight is 175 g/mol. The van der Waals surface area contributed by atoms with Gasteiger partial charge < -0.3 is 0 Å². The monoisotopic (exact) mass is 175 g/mol. The maximum atomic E-state index is 10.6. The third-order valence-corrected chi connectivity index (χ3v) is 2.25. The van der Waals surface area contributed by atoms with Crippen molar-refractivity contribution in [3.05, 3.63) is 0 Å². The minimum absolute atomic E-state index is 0. The van der Waals surface area contributed by atoms with Crippen LogP contribution in [0.4, 0.5) is 0 Å². The van der Waals surface area contributed by atoms with Gasteiger partial charge in [-0.2, -0.15) is 8.42 Å². The molecule has 0 spiro atoms. The van der Waals surface area contributed by atoms with Crippen molar-refractivity contribution >= 4 is 39.7 Å². The third kappa shape index (κ3) is 7.02. The molecular weight excluding hydrogens is 163 g/mol. The summed E-state index contributed by atoms with van der Waals surface area (Å²) in [4.78, 5) is 0. The maximum absolute atomic E-state index is 10.6. The van der Waals surface area contributed by atoms with E-state index in [1.54, 1.807) is 13.8 Å². The molecule has 5 heteroatoms. The molecule has 0 aromatic carbocycles. The Bertz CT molecular complexity index is 140. The van der Waals surface area contributed by atoms with E-state index in [1.807, 2.05) is 0 Å². The topological polar surface area (TPSA) is 43.4 Å². The van der Waals surface area contributed by atoms with Crippen molar-refractivity contribution in [2.75, 3.05) is 12.4 Å². The van der Waals surface area contributed by atoms with E-state index in [0.29, 0.717) is 6.42 Å². The zero-order valence-electron chi connectivity index (χ0n) is 6.75. The molecule has 0 saturated carbocycles. The first-order chi connectivity index (χ1) is 4.12. The summed E-state index contributed by atoms with van der Waals surface area (Å²) < 4.78 is 25.7. The van der Waals surface area contributed by atoms with Crippen LogP contribution < -0.4 is 0 Å². The Morgan fingerprint density at radius 2 is 1.80 bits per heavy atom. The number of rotatable bonds is 4. The largest absolute Gasteiger partial charge is 0.270 e. The van der Waals surface area contributed by atoms with Crippen LogP contribution in [0, 0.1) is 0 Å². The maximum Gasteiger partial charge on any atom is 0.267 e. The van der Waals surface area contributed by atoms with Crippen LogP contribution in [0.5, 0.6) is 0 Å². The fourth-order valence-corrected chi connectivity index (χ4v) is 1.47. The van der Waals surface area contributed by atoms with Crippen molar-refractivity contribution in [1.82, 2.24) is 0 Å². The second-order valence-electron chi connectivity index (χ2n) is 1.67. The van der Waals surface area contributed by atoms with Crippen LogP contribution in [-0.4, -0.2) is 50.3 Å². The molecule has 0 amide bonds. The van der Waals surface area contributed by atoms with Gasteiger partial charge >= 0.3 is 0 Å². The summed E-state index contributed by atoms with van der Waals surface area (Å²) in [5, 5.41) is 0. The van der Waals surface area contributed by atoms with Crippen LogP contribution in [0.3, 0.4) is 0 Å². The van der Waals surface area contributed by atoms with E-state index in [2.05, 4.69) is 4.18 Å². The van der Waals surface area contributed by atoms with Crippen LogP contribution in [0.1, 0.15) is 20.3 Å². The molecule has 0 aromatic rings. The van der Waals surface area contributed by atoms with Gasteiger partial charge in [0.15, 0.2) is 0 Å². The standard InChI is InChI=1S/C5H12O3S.Na/c1-3-5-9(6,7)8-4-2;/h3-5H2,1-2H3;. The molecule has 0 bridgehead atoms. The van der Waals surface area contributed by atoms with Gasteiger partial charge in [0.2, 0.25) is 0 Å². The van der Waals surface area contributed by atoms with Crippen molar-refractivity contribution < 1.29 is 12.6 Å². The Labute approximate surface area is 84.6 Å². The normalized spacial score (nSPS) is 10.6. The quantitative estimate of drug-likeness (QED) is 0.458. The molecule has 1 radical (unpaired) electrons. The Kier molecular flexibility index (Phi) is 8.92. The molecule has 10 heavy (non-hydrogen) atoms. The van der Waals surface area contributed by atoms with Gasteiger partial charge in [-0.3, -0.25) is 4.18 Å². The van der Waals surface area contributed by atoms with Crippen LogP contribution in [0.25, 0.3) is 0 Å². The van der Waals surface area contributed by atoms with E-state index in [1.165, 1.54) is 0 Å². The van der Waals surface area contributed by atoms with Crippen LogP contribution in [0.15, 0.2) is 0 Å². The summed E-state index contributed by atoms with van der Waals surface area (Å²) >= 11 is 0. The predicted molar refractivity (Wildman–Crippen MR) is 41.5 cm³/mol. The first kappa shape index (κ1) is 13.5. The van der Waals surface area contributed by atoms with Crippen molar-refractivity contribution in [2.24, 2.45) is 0 Å². The summed E-state index contributed by atoms with van der Waals surface area (Å²) in [7, 11) is -3.18. The molecule has 0 atom stereocenters. The van der Waals surface area contributed by atoms with E-state index in [0.717, 1.165) is 0 Å². The van der Waals surface area contributed by atoms with Gasteiger partial charge in [0.25, 0.3) is 10.1 Å². The van der Waals surface area contributed by atoms with E-state index in [-0.39, 0.29) is 41.9 Å². The predicted octanol–water partition coefficient (Wildman–Crippen LogP) is 0.382. The molecule has 0 rings (SSSR count). The summed E-state index contributed by atoms with van der Waals surface area (Å²) in [6.45, 7) is 3.70. The van der Waals surface area contributed by atoms with Crippen molar-refractivity contribution in [3.8, 4) is 0 Å². The van der Waals surface area contributed by atoms with Crippen molar-refractivity contribution in [1.29, 1.82) is 0 Å². The van der Waals surface area contributed by atoms with Gasteiger partial charge in [0, 0.05) is 29.6 Å². The van der Waals surface area contributed by atoms with Gasteiger partial charge in [0.05, 0.1) is 12.4 Å². The van der Waals surface area contributed by atoms with Crippen molar-refractivity contribution in [3.63, 3.8) is 0 Å². The summed E-state index contributed by atoms with van der Waals surface area (Å²) in [5.74, 6) is 0.126. The summed E-state index contributed by atoms with van der Waals surface area (Å²) in [6.07, 6.45) is 0.613. The minimum atomic E-state index is -3.18. The SMILES string of the molecule is CCCS(=O)(=O)OCC.[Na]. The number of hydrogen-bond acceptors (Lipinski definition) is 3. The van der Waals surface area contributed by atoms with Gasteiger partial charge in [0.1, 0.15) is 0 Å². The molecular formula is C5H12NaO3S. The van der Waals surface area contributed by atoms with Gasteiger partial charge in [-0.05, 0) is 13.3 Å². The molecule has 0 heterocycles. The summed E-state index contributed by atoms with van der Waals surface area (Å²) in [6, 6.07) is 0. The molecule has 3 nitrogen and oxygen atoms in total. The van der Waals surface area contributed by atoms with Gasteiger partial charge in [-0.15, -0.1) is 0 Å². The molecule has 0 unspecified atom stereocenters. The Morgan fingerprint density at radius 1 is 1.30 bits per heavy atom. The van der Waals surface area contributed by atoms with E-state index in [9.17, 15) is 8.42 Å². The van der Waals surface area contributed by atoms with E-state index in [4.69, 9.17) is 0 Å². The zero-order valence-corrected chi connectivity index (χ0v) is 9.57. The molecule has 0 aromatic heterocycles. The fraction of sp³-hybridized carbons (Fsp3) is 1.00. The molecule has 0 saturated heterocycles. The smallest absolute Gasteiger partial charge is 0.267 e. The fourth-order valence-electron chi connectivity index (χ4n) is 0.488. The second kappa shape index (κ2) is 6.61. The summed E-state index contributed by atoms with van der Waals surface area (Å²) in [5.41, 5.74) is 0. The molecule has 0 fully saturated rings. The second-order valence-corrected chi connectivity index (χ2v) is 3.43. The van der Waals surface area contributed by atoms with Gasteiger partial charge in [-0.1, -0.05) is 6.92 Å². The first-order valence-corrected chi connectivity index (χ1v) is 4.57. The van der Waals surface area contributed by atoms with E-state index < -0.39 is 10.1 Å². The number of hydrogen-bond donors (Lipinski definition) is 0. The third-order valence-electron chi connectivity index (χ3n) is 0.752. The van der Waals surface area contributed by atoms with Crippen molar-refractivity contribution in [2.45, 2.75) is 20.3 Å². The molecule has 57 valence electrons. The molecule has 0 N–H and O–H groups in total. The molecule has 0 aliphatic rings.